The molecule has 0 aliphatic rings. The summed E-state index contributed by atoms with van der Waals surface area (Å²) < 4.78 is 10.4. The molecule has 5 heteroatoms. The number of carbonyl (C=O) groups is 1. The van der Waals surface area contributed by atoms with Crippen molar-refractivity contribution in [1.82, 2.24) is 10.2 Å². The minimum absolute atomic E-state index is 0.184. The number of ether oxygens (including phenoxy) is 2. The summed E-state index contributed by atoms with van der Waals surface area (Å²) in [5.74, 6) is -0.184. The summed E-state index contributed by atoms with van der Waals surface area (Å²) in [6, 6.07) is 0.266. The van der Waals surface area contributed by atoms with Gasteiger partial charge in [-0.1, -0.05) is 13.8 Å². The molecule has 2 unspecified atom stereocenters. The first-order valence-corrected chi connectivity index (χ1v) is 7.60. The van der Waals surface area contributed by atoms with Crippen molar-refractivity contribution in [2.24, 2.45) is 0 Å². The molecule has 20 heavy (non-hydrogen) atoms. The van der Waals surface area contributed by atoms with Crippen LogP contribution < -0.4 is 5.32 Å². The van der Waals surface area contributed by atoms with Crippen LogP contribution in [0.4, 0.5) is 0 Å². The molecule has 0 saturated heterocycles. The van der Waals surface area contributed by atoms with Gasteiger partial charge in [0.2, 0.25) is 0 Å². The lowest BCUT2D eigenvalue weighted by Gasteiger charge is -2.36. The van der Waals surface area contributed by atoms with Gasteiger partial charge >= 0.3 is 5.97 Å². The van der Waals surface area contributed by atoms with Crippen molar-refractivity contribution in [2.75, 3.05) is 40.0 Å². The van der Waals surface area contributed by atoms with E-state index in [-0.39, 0.29) is 12.0 Å². The Labute approximate surface area is 124 Å². The van der Waals surface area contributed by atoms with Crippen LogP contribution in [0.1, 0.15) is 41.0 Å². The monoisotopic (exact) mass is 288 g/mol. The number of esters is 1. The van der Waals surface area contributed by atoms with Crippen molar-refractivity contribution in [1.29, 1.82) is 0 Å². The standard InChI is InChI=1S/C15H32N2O3/c1-7-10-16-15(5,14(18)20-9-3)12-17(8-2)13(4)11-19-6/h13,16H,7-12H2,1-6H3. The predicted molar refractivity (Wildman–Crippen MR) is 81.9 cm³/mol. The number of methoxy groups -OCH3 is 1. The van der Waals surface area contributed by atoms with E-state index in [1.54, 1.807) is 7.11 Å². The van der Waals surface area contributed by atoms with Crippen molar-refractivity contribution in [3.05, 3.63) is 0 Å². The molecule has 0 radical (unpaired) electrons. The van der Waals surface area contributed by atoms with Crippen LogP contribution in [0.2, 0.25) is 0 Å². The Morgan fingerprint density at radius 3 is 2.45 bits per heavy atom. The molecule has 0 spiro atoms. The number of nitrogens with zero attached hydrogens (tertiary/aromatic N) is 1. The van der Waals surface area contributed by atoms with Gasteiger partial charge in [0.25, 0.3) is 0 Å². The number of hydrogen-bond acceptors (Lipinski definition) is 5. The van der Waals surface area contributed by atoms with Gasteiger partial charge in [-0.25, -0.2) is 0 Å². The third kappa shape index (κ3) is 6.20. The summed E-state index contributed by atoms with van der Waals surface area (Å²) in [6.45, 7) is 13.4. The zero-order valence-electron chi connectivity index (χ0n) is 14.0. The Hall–Kier alpha value is -0.650. The van der Waals surface area contributed by atoms with E-state index >= 15 is 0 Å². The first-order chi connectivity index (χ1) is 9.45. The molecule has 0 aliphatic heterocycles. The highest BCUT2D eigenvalue weighted by atomic mass is 16.5. The largest absolute Gasteiger partial charge is 0.465 e. The minimum atomic E-state index is -0.677. The Morgan fingerprint density at radius 1 is 1.35 bits per heavy atom. The van der Waals surface area contributed by atoms with Crippen LogP contribution in [0, 0.1) is 0 Å². The van der Waals surface area contributed by atoms with Crippen LogP contribution in [0.5, 0.6) is 0 Å². The van der Waals surface area contributed by atoms with Crippen LogP contribution >= 0.6 is 0 Å². The van der Waals surface area contributed by atoms with E-state index in [0.29, 0.717) is 19.8 Å². The Balaban J connectivity index is 4.87. The summed E-state index contributed by atoms with van der Waals surface area (Å²) in [6.07, 6.45) is 0.981. The molecule has 2 atom stereocenters. The van der Waals surface area contributed by atoms with E-state index in [1.165, 1.54) is 0 Å². The van der Waals surface area contributed by atoms with Gasteiger partial charge in [0.1, 0.15) is 5.54 Å². The van der Waals surface area contributed by atoms with Crippen LogP contribution in [0.3, 0.4) is 0 Å². The summed E-state index contributed by atoms with van der Waals surface area (Å²) in [5, 5.41) is 3.34. The molecule has 0 fully saturated rings. The normalized spacial score (nSPS) is 15.9. The highest BCUT2D eigenvalue weighted by Crippen LogP contribution is 2.13. The molecule has 5 nitrogen and oxygen atoms in total. The Morgan fingerprint density at radius 2 is 2.00 bits per heavy atom. The maximum atomic E-state index is 12.3. The van der Waals surface area contributed by atoms with Crippen LogP contribution in [0.25, 0.3) is 0 Å². The number of rotatable bonds is 11. The average molecular weight is 288 g/mol. The Kier molecular flexibility index (Phi) is 9.80. The molecule has 0 rings (SSSR count). The summed E-state index contributed by atoms with van der Waals surface area (Å²) in [7, 11) is 1.70. The number of carbonyl (C=O) groups excluding carboxylic acids is 1. The quantitative estimate of drug-likeness (QED) is 0.586. The average Bonchev–Trinajstić information content (AvgIpc) is 2.43. The first kappa shape index (κ1) is 19.4. The maximum Gasteiger partial charge on any atom is 0.327 e. The fourth-order valence-corrected chi connectivity index (χ4v) is 2.22. The van der Waals surface area contributed by atoms with Crippen LogP contribution in [-0.2, 0) is 14.3 Å². The molecule has 0 heterocycles. The molecule has 120 valence electrons. The van der Waals surface area contributed by atoms with Crippen molar-refractivity contribution < 1.29 is 14.3 Å². The summed E-state index contributed by atoms with van der Waals surface area (Å²) in [5.41, 5.74) is -0.677. The van der Waals surface area contributed by atoms with Crippen LogP contribution in [0.15, 0.2) is 0 Å². The third-order valence-electron chi connectivity index (χ3n) is 3.45. The van der Waals surface area contributed by atoms with E-state index in [2.05, 4.69) is 31.0 Å². The van der Waals surface area contributed by atoms with Gasteiger partial charge < -0.3 is 14.8 Å². The predicted octanol–water partition coefficient (Wildman–Crippen LogP) is 1.66. The Bertz CT molecular complexity index is 274. The lowest BCUT2D eigenvalue weighted by atomic mass is 10.0. The topological polar surface area (TPSA) is 50.8 Å². The van der Waals surface area contributed by atoms with Crippen molar-refractivity contribution >= 4 is 5.97 Å². The molecule has 0 aromatic heterocycles. The molecule has 0 aromatic carbocycles. The number of nitrogens with one attached hydrogen (secondary N) is 1. The van der Waals surface area contributed by atoms with E-state index < -0.39 is 5.54 Å². The van der Waals surface area contributed by atoms with E-state index in [0.717, 1.165) is 19.5 Å². The van der Waals surface area contributed by atoms with Gasteiger partial charge in [0.15, 0.2) is 0 Å². The van der Waals surface area contributed by atoms with E-state index in [4.69, 9.17) is 9.47 Å². The molecule has 1 N–H and O–H groups in total. The lowest BCUT2D eigenvalue weighted by Crippen LogP contribution is -2.59. The smallest absolute Gasteiger partial charge is 0.327 e. The molecular formula is C15H32N2O3. The summed E-state index contributed by atoms with van der Waals surface area (Å²) >= 11 is 0. The van der Waals surface area contributed by atoms with Crippen molar-refractivity contribution in [2.45, 2.75) is 52.6 Å². The van der Waals surface area contributed by atoms with Gasteiger partial charge in [0.05, 0.1) is 13.2 Å². The van der Waals surface area contributed by atoms with Gasteiger partial charge in [-0.2, -0.15) is 0 Å². The second-order valence-electron chi connectivity index (χ2n) is 5.35. The van der Waals surface area contributed by atoms with Gasteiger partial charge in [-0.3, -0.25) is 9.69 Å². The molecule has 0 bridgehead atoms. The minimum Gasteiger partial charge on any atom is -0.465 e. The molecular weight excluding hydrogens is 256 g/mol. The maximum absolute atomic E-state index is 12.3. The van der Waals surface area contributed by atoms with Gasteiger partial charge in [0, 0.05) is 19.7 Å². The molecule has 0 amide bonds. The SMILES string of the molecule is CCCNC(C)(CN(CC)C(C)COC)C(=O)OCC. The lowest BCUT2D eigenvalue weighted by molar-refractivity contribution is -0.151. The van der Waals surface area contributed by atoms with E-state index in [1.807, 2.05) is 13.8 Å². The highest BCUT2D eigenvalue weighted by Gasteiger charge is 2.36. The molecule has 0 saturated carbocycles. The second kappa shape index (κ2) is 10.1. The van der Waals surface area contributed by atoms with Crippen molar-refractivity contribution in [3.63, 3.8) is 0 Å². The highest BCUT2D eigenvalue weighted by molar-refractivity contribution is 5.80. The van der Waals surface area contributed by atoms with Gasteiger partial charge in [-0.15, -0.1) is 0 Å². The fraction of sp³-hybridized carbons (Fsp3) is 0.933. The number of hydrogen-bond donors (Lipinski definition) is 1. The zero-order valence-corrected chi connectivity index (χ0v) is 14.0. The zero-order chi connectivity index (χ0) is 15.6. The number of likely N-dealkylation sites (N-methyl/N-ethyl adjacent to an activating group) is 1. The van der Waals surface area contributed by atoms with E-state index in [9.17, 15) is 4.79 Å². The molecule has 0 aliphatic carbocycles. The second-order valence-corrected chi connectivity index (χ2v) is 5.35. The van der Waals surface area contributed by atoms with Crippen molar-refractivity contribution in [3.8, 4) is 0 Å². The summed E-state index contributed by atoms with van der Waals surface area (Å²) in [4.78, 5) is 14.5. The van der Waals surface area contributed by atoms with Crippen LogP contribution in [-0.4, -0.2) is 62.4 Å². The molecule has 0 aromatic rings. The van der Waals surface area contributed by atoms with Gasteiger partial charge in [-0.05, 0) is 40.3 Å². The fourth-order valence-electron chi connectivity index (χ4n) is 2.22. The third-order valence-corrected chi connectivity index (χ3v) is 3.45. The first-order valence-electron chi connectivity index (χ1n) is 7.60.